The van der Waals surface area contributed by atoms with Crippen molar-refractivity contribution in [3.05, 3.63) is 54.6 Å². The largest absolute Gasteiger partial charge is 0.399 e. The summed E-state index contributed by atoms with van der Waals surface area (Å²) in [5, 5.41) is 0. The first-order chi connectivity index (χ1) is 13.1. The van der Waals surface area contributed by atoms with Gasteiger partial charge in [0.2, 0.25) is 0 Å². The van der Waals surface area contributed by atoms with Crippen molar-refractivity contribution in [3.63, 3.8) is 0 Å². The zero-order valence-electron chi connectivity index (χ0n) is 15.3. The SMILES string of the molecule is NCCN1CCN(C(=O)C(=O)N(c2ccccc2)c2ccc(N)cc2)CC1. The van der Waals surface area contributed by atoms with E-state index in [1.807, 2.05) is 18.2 Å². The smallest absolute Gasteiger partial charge is 0.321 e. The van der Waals surface area contributed by atoms with Gasteiger partial charge in [0, 0.05) is 56.3 Å². The van der Waals surface area contributed by atoms with Crippen molar-refractivity contribution in [3.8, 4) is 0 Å². The van der Waals surface area contributed by atoms with E-state index in [0.29, 0.717) is 36.7 Å². The topological polar surface area (TPSA) is 95.9 Å². The minimum atomic E-state index is -0.571. The van der Waals surface area contributed by atoms with Crippen LogP contribution in [0.2, 0.25) is 0 Å². The number of amides is 2. The van der Waals surface area contributed by atoms with E-state index in [1.165, 1.54) is 4.90 Å². The van der Waals surface area contributed by atoms with Crippen molar-refractivity contribution in [1.82, 2.24) is 9.80 Å². The molecule has 0 radical (unpaired) electrons. The number of hydrogen-bond acceptors (Lipinski definition) is 5. The molecule has 4 N–H and O–H groups in total. The fourth-order valence-electron chi connectivity index (χ4n) is 3.17. The number of hydrogen-bond donors (Lipinski definition) is 2. The monoisotopic (exact) mass is 367 g/mol. The van der Waals surface area contributed by atoms with Crippen LogP contribution in [-0.4, -0.2) is 60.9 Å². The molecule has 1 saturated heterocycles. The zero-order valence-corrected chi connectivity index (χ0v) is 15.3. The fraction of sp³-hybridized carbons (Fsp3) is 0.300. The number of carbonyl (C=O) groups is 2. The van der Waals surface area contributed by atoms with E-state index < -0.39 is 11.8 Å². The van der Waals surface area contributed by atoms with Crippen LogP contribution in [0.1, 0.15) is 0 Å². The maximum atomic E-state index is 13.1. The summed E-state index contributed by atoms with van der Waals surface area (Å²) in [5.41, 5.74) is 13.2. The van der Waals surface area contributed by atoms with Crippen molar-refractivity contribution in [1.29, 1.82) is 0 Å². The van der Waals surface area contributed by atoms with Crippen LogP contribution in [-0.2, 0) is 9.59 Å². The number of rotatable bonds is 4. The van der Waals surface area contributed by atoms with Crippen LogP contribution >= 0.6 is 0 Å². The predicted octanol–water partition coefficient (Wildman–Crippen LogP) is 1.04. The lowest BCUT2D eigenvalue weighted by molar-refractivity contribution is -0.145. The lowest BCUT2D eigenvalue weighted by Gasteiger charge is -2.35. The summed E-state index contributed by atoms with van der Waals surface area (Å²) >= 11 is 0. The van der Waals surface area contributed by atoms with Gasteiger partial charge in [-0.25, -0.2) is 0 Å². The Hall–Kier alpha value is -2.90. The number of nitrogens with two attached hydrogens (primary N) is 2. The van der Waals surface area contributed by atoms with Crippen LogP contribution in [0.4, 0.5) is 17.1 Å². The molecule has 1 aliphatic rings. The molecule has 0 aliphatic carbocycles. The van der Waals surface area contributed by atoms with Gasteiger partial charge in [0.05, 0.1) is 0 Å². The highest BCUT2D eigenvalue weighted by Gasteiger charge is 2.31. The number of benzene rings is 2. The third-order valence-corrected chi connectivity index (χ3v) is 4.66. The molecule has 7 nitrogen and oxygen atoms in total. The van der Waals surface area contributed by atoms with Crippen LogP contribution in [0, 0.1) is 0 Å². The molecule has 7 heteroatoms. The van der Waals surface area contributed by atoms with Crippen molar-refractivity contribution in [2.45, 2.75) is 0 Å². The number of piperazine rings is 1. The standard InChI is InChI=1S/C20H25N5O2/c21-10-11-23-12-14-24(15-13-23)19(26)20(27)25(17-4-2-1-3-5-17)18-8-6-16(22)7-9-18/h1-9H,10-15,21-22H2. The molecule has 142 valence electrons. The molecule has 0 bridgehead atoms. The van der Waals surface area contributed by atoms with Gasteiger partial charge in [0.15, 0.2) is 0 Å². The summed E-state index contributed by atoms with van der Waals surface area (Å²) in [6, 6.07) is 16.1. The number of carbonyl (C=O) groups excluding carboxylic acids is 2. The van der Waals surface area contributed by atoms with Crippen LogP contribution < -0.4 is 16.4 Å². The summed E-state index contributed by atoms with van der Waals surface area (Å²) in [6.45, 7) is 3.89. The number of nitrogen functional groups attached to an aromatic ring is 1. The second-order valence-corrected chi connectivity index (χ2v) is 6.49. The van der Waals surface area contributed by atoms with Crippen LogP contribution in [0.5, 0.6) is 0 Å². The summed E-state index contributed by atoms with van der Waals surface area (Å²) in [5.74, 6) is -1.07. The van der Waals surface area contributed by atoms with Gasteiger partial charge in [-0.15, -0.1) is 0 Å². The van der Waals surface area contributed by atoms with Gasteiger partial charge in [-0.05, 0) is 36.4 Å². The molecule has 2 aromatic carbocycles. The molecule has 0 saturated carbocycles. The normalized spacial score (nSPS) is 14.8. The van der Waals surface area contributed by atoms with Crippen LogP contribution in [0.15, 0.2) is 54.6 Å². The number of anilines is 3. The van der Waals surface area contributed by atoms with Crippen molar-refractivity contribution < 1.29 is 9.59 Å². The summed E-state index contributed by atoms with van der Waals surface area (Å²) in [7, 11) is 0. The second kappa shape index (κ2) is 8.66. The third kappa shape index (κ3) is 4.45. The van der Waals surface area contributed by atoms with Crippen LogP contribution in [0.25, 0.3) is 0 Å². The van der Waals surface area contributed by atoms with Gasteiger partial charge in [-0.3, -0.25) is 19.4 Å². The van der Waals surface area contributed by atoms with Gasteiger partial charge in [-0.2, -0.15) is 0 Å². The first-order valence-corrected chi connectivity index (χ1v) is 9.06. The maximum absolute atomic E-state index is 13.1. The van der Waals surface area contributed by atoms with Gasteiger partial charge in [0.25, 0.3) is 0 Å². The number of nitrogens with zero attached hydrogens (tertiary/aromatic N) is 3. The zero-order chi connectivity index (χ0) is 19.2. The first-order valence-electron chi connectivity index (χ1n) is 9.06. The van der Waals surface area contributed by atoms with E-state index in [4.69, 9.17) is 11.5 Å². The second-order valence-electron chi connectivity index (χ2n) is 6.49. The molecule has 1 fully saturated rings. The fourth-order valence-corrected chi connectivity index (χ4v) is 3.17. The average molecular weight is 367 g/mol. The van der Waals surface area contributed by atoms with Gasteiger partial charge in [-0.1, -0.05) is 18.2 Å². The molecular weight excluding hydrogens is 342 g/mol. The Labute approximate surface area is 159 Å². The Balaban J connectivity index is 1.81. The number of para-hydroxylation sites is 1. The maximum Gasteiger partial charge on any atom is 0.321 e. The molecule has 0 spiro atoms. The van der Waals surface area contributed by atoms with E-state index >= 15 is 0 Å². The van der Waals surface area contributed by atoms with E-state index in [0.717, 1.165) is 19.6 Å². The van der Waals surface area contributed by atoms with Gasteiger partial charge >= 0.3 is 11.8 Å². The molecule has 0 unspecified atom stereocenters. The summed E-state index contributed by atoms with van der Waals surface area (Å²) in [4.78, 5) is 31.2. The predicted molar refractivity (Wildman–Crippen MR) is 107 cm³/mol. The highest BCUT2D eigenvalue weighted by molar-refractivity contribution is 6.42. The lowest BCUT2D eigenvalue weighted by atomic mass is 10.2. The van der Waals surface area contributed by atoms with Crippen molar-refractivity contribution >= 4 is 28.9 Å². The molecule has 3 rings (SSSR count). The van der Waals surface area contributed by atoms with Crippen molar-refractivity contribution in [2.75, 3.05) is 49.9 Å². The molecule has 1 heterocycles. The molecule has 0 aromatic heterocycles. The third-order valence-electron chi connectivity index (χ3n) is 4.66. The Morgan fingerprint density at radius 1 is 0.889 bits per heavy atom. The molecular formula is C20H25N5O2. The van der Waals surface area contributed by atoms with E-state index in [2.05, 4.69) is 4.90 Å². The van der Waals surface area contributed by atoms with Crippen LogP contribution in [0.3, 0.4) is 0 Å². The Kier molecular flexibility index (Phi) is 6.05. The minimum Gasteiger partial charge on any atom is -0.399 e. The van der Waals surface area contributed by atoms with E-state index in [-0.39, 0.29) is 0 Å². The first kappa shape index (κ1) is 18.9. The van der Waals surface area contributed by atoms with Gasteiger partial charge < -0.3 is 16.4 Å². The highest BCUT2D eigenvalue weighted by atomic mass is 16.2. The highest BCUT2D eigenvalue weighted by Crippen LogP contribution is 2.26. The van der Waals surface area contributed by atoms with Crippen molar-refractivity contribution in [2.24, 2.45) is 5.73 Å². The van der Waals surface area contributed by atoms with E-state index in [1.54, 1.807) is 41.3 Å². The summed E-state index contributed by atoms with van der Waals surface area (Å²) < 4.78 is 0. The molecule has 1 aliphatic heterocycles. The molecule has 2 amide bonds. The quantitative estimate of drug-likeness (QED) is 0.622. The van der Waals surface area contributed by atoms with Gasteiger partial charge in [0.1, 0.15) is 0 Å². The van der Waals surface area contributed by atoms with E-state index in [9.17, 15) is 9.59 Å². The molecule has 27 heavy (non-hydrogen) atoms. The summed E-state index contributed by atoms with van der Waals surface area (Å²) in [6.07, 6.45) is 0. The Morgan fingerprint density at radius 3 is 2.07 bits per heavy atom. The lowest BCUT2D eigenvalue weighted by Crippen LogP contribution is -2.53. The average Bonchev–Trinajstić information content (AvgIpc) is 2.71. The molecule has 2 aromatic rings. The molecule has 0 atom stereocenters. The minimum absolute atomic E-state index is 0.497. The Bertz CT molecular complexity index is 771. The Morgan fingerprint density at radius 2 is 1.48 bits per heavy atom.